The molecule has 4 heterocycles. The lowest BCUT2D eigenvalue weighted by atomic mass is 9.93. The van der Waals surface area contributed by atoms with Gasteiger partial charge in [-0.25, -0.2) is 4.98 Å². The first-order chi connectivity index (χ1) is 12.5. The number of fused-ring (bicyclic) bond motifs is 1. The molecule has 1 amide bonds. The van der Waals surface area contributed by atoms with Crippen LogP contribution in [0.5, 0.6) is 0 Å². The zero-order valence-corrected chi connectivity index (χ0v) is 15.3. The van der Waals surface area contributed by atoms with Gasteiger partial charge in [-0.1, -0.05) is 19.0 Å². The van der Waals surface area contributed by atoms with Crippen LogP contribution in [0.15, 0.2) is 22.9 Å². The number of aromatic nitrogens is 4. The minimum absolute atomic E-state index is 0.0137. The van der Waals surface area contributed by atoms with Crippen molar-refractivity contribution < 1.29 is 9.32 Å². The third kappa shape index (κ3) is 2.87. The van der Waals surface area contributed by atoms with Crippen molar-refractivity contribution in [3.05, 3.63) is 41.0 Å². The molecule has 7 heteroatoms. The second-order valence-electron chi connectivity index (χ2n) is 7.29. The third-order valence-corrected chi connectivity index (χ3v) is 5.10. The van der Waals surface area contributed by atoms with Gasteiger partial charge < -0.3 is 9.42 Å². The van der Waals surface area contributed by atoms with E-state index in [1.54, 1.807) is 13.1 Å². The number of H-pyrrole nitrogens is 1. The Labute approximate surface area is 151 Å². The molecule has 0 spiro atoms. The van der Waals surface area contributed by atoms with Gasteiger partial charge in [0, 0.05) is 30.1 Å². The summed E-state index contributed by atoms with van der Waals surface area (Å²) < 4.78 is 5.30. The van der Waals surface area contributed by atoms with Crippen molar-refractivity contribution in [1.29, 1.82) is 0 Å². The molecule has 26 heavy (non-hydrogen) atoms. The number of carbonyl (C=O) groups is 1. The number of hydrogen-bond acceptors (Lipinski definition) is 5. The highest BCUT2D eigenvalue weighted by atomic mass is 16.5. The quantitative estimate of drug-likeness (QED) is 0.780. The summed E-state index contributed by atoms with van der Waals surface area (Å²) in [5.74, 6) is 0.983. The molecule has 0 aliphatic carbocycles. The first-order valence-corrected chi connectivity index (χ1v) is 9.10. The smallest absolute Gasteiger partial charge is 0.259 e. The van der Waals surface area contributed by atoms with Crippen molar-refractivity contribution in [1.82, 2.24) is 25.2 Å². The number of rotatable bonds is 3. The Hall–Kier alpha value is -2.70. The van der Waals surface area contributed by atoms with Gasteiger partial charge in [-0.05, 0) is 37.8 Å². The van der Waals surface area contributed by atoms with Crippen LogP contribution >= 0.6 is 0 Å². The van der Waals surface area contributed by atoms with Gasteiger partial charge in [0.25, 0.3) is 5.91 Å². The molecule has 0 unspecified atom stereocenters. The standard InChI is InChI=1S/C19H23N5O2/c1-11(2)17-16(12(3)26-23-17)19(25)24-8-4-5-14(10-24)15-7-6-13-9-20-22-18(13)21-15/h6-7,9,11,14H,4-5,8,10H2,1-3H3,(H,20,21,22)/t14-/m1/s1. The number of aromatic amines is 1. The fraction of sp³-hybridized carbons (Fsp3) is 0.474. The van der Waals surface area contributed by atoms with E-state index < -0.39 is 0 Å². The number of amides is 1. The largest absolute Gasteiger partial charge is 0.361 e. The molecule has 4 rings (SSSR count). The monoisotopic (exact) mass is 353 g/mol. The number of piperidine rings is 1. The van der Waals surface area contributed by atoms with Gasteiger partial charge in [-0.2, -0.15) is 5.10 Å². The lowest BCUT2D eigenvalue weighted by molar-refractivity contribution is 0.0703. The molecule has 1 fully saturated rings. The van der Waals surface area contributed by atoms with E-state index in [0.717, 1.165) is 41.8 Å². The Morgan fingerprint density at radius 1 is 1.38 bits per heavy atom. The summed E-state index contributed by atoms with van der Waals surface area (Å²) in [6.45, 7) is 7.27. The van der Waals surface area contributed by atoms with E-state index in [9.17, 15) is 4.79 Å². The molecular weight excluding hydrogens is 330 g/mol. The Bertz CT molecular complexity index is 942. The minimum Gasteiger partial charge on any atom is -0.361 e. The summed E-state index contributed by atoms with van der Waals surface area (Å²) in [4.78, 5) is 19.8. The van der Waals surface area contributed by atoms with Crippen molar-refractivity contribution in [2.75, 3.05) is 13.1 Å². The fourth-order valence-electron chi connectivity index (χ4n) is 3.67. The molecule has 0 aromatic carbocycles. The predicted octanol–water partition coefficient (Wildman–Crippen LogP) is 3.40. The van der Waals surface area contributed by atoms with Crippen molar-refractivity contribution in [3.63, 3.8) is 0 Å². The van der Waals surface area contributed by atoms with Crippen molar-refractivity contribution >= 4 is 16.9 Å². The molecule has 0 bridgehead atoms. The van der Waals surface area contributed by atoms with Crippen LogP contribution in [0.25, 0.3) is 11.0 Å². The van der Waals surface area contributed by atoms with Crippen LogP contribution in [-0.4, -0.2) is 44.2 Å². The van der Waals surface area contributed by atoms with Crippen LogP contribution in [0.4, 0.5) is 0 Å². The van der Waals surface area contributed by atoms with Crippen molar-refractivity contribution in [2.24, 2.45) is 0 Å². The maximum absolute atomic E-state index is 13.1. The van der Waals surface area contributed by atoms with E-state index >= 15 is 0 Å². The molecule has 1 aliphatic heterocycles. The summed E-state index contributed by atoms with van der Waals surface area (Å²) >= 11 is 0. The zero-order valence-electron chi connectivity index (χ0n) is 15.3. The van der Waals surface area contributed by atoms with Crippen LogP contribution in [0, 0.1) is 6.92 Å². The van der Waals surface area contributed by atoms with Crippen LogP contribution in [0.1, 0.15) is 66.0 Å². The normalized spacial score (nSPS) is 18.0. The fourth-order valence-corrected chi connectivity index (χ4v) is 3.67. The summed E-state index contributed by atoms with van der Waals surface area (Å²) in [5, 5.41) is 12.0. The number of aryl methyl sites for hydroxylation is 1. The third-order valence-electron chi connectivity index (χ3n) is 5.10. The highest BCUT2D eigenvalue weighted by Crippen LogP contribution is 2.29. The molecule has 136 valence electrons. The molecule has 0 saturated carbocycles. The maximum atomic E-state index is 13.1. The van der Waals surface area contributed by atoms with E-state index in [1.807, 2.05) is 30.9 Å². The van der Waals surface area contributed by atoms with Crippen LogP contribution in [0.3, 0.4) is 0 Å². The topological polar surface area (TPSA) is 87.9 Å². The van der Waals surface area contributed by atoms with E-state index in [1.165, 1.54) is 0 Å². The zero-order chi connectivity index (χ0) is 18.3. The van der Waals surface area contributed by atoms with Crippen LogP contribution < -0.4 is 0 Å². The van der Waals surface area contributed by atoms with E-state index in [4.69, 9.17) is 9.51 Å². The predicted molar refractivity (Wildman–Crippen MR) is 97.1 cm³/mol. The van der Waals surface area contributed by atoms with Gasteiger partial charge in [-0.3, -0.25) is 9.89 Å². The van der Waals surface area contributed by atoms with Crippen LogP contribution in [-0.2, 0) is 0 Å². The van der Waals surface area contributed by atoms with Gasteiger partial charge in [0.15, 0.2) is 5.65 Å². The highest BCUT2D eigenvalue weighted by Gasteiger charge is 2.31. The van der Waals surface area contributed by atoms with Gasteiger partial charge in [0.1, 0.15) is 11.3 Å². The number of nitrogens with one attached hydrogen (secondary N) is 1. The summed E-state index contributed by atoms with van der Waals surface area (Å²) in [6, 6.07) is 4.07. The first kappa shape index (κ1) is 16.8. The molecular formula is C19H23N5O2. The number of likely N-dealkylation sites (tertiary alicyclic amines) is 1. The minimum atomic E-state index is 0.0137. The second kappa shape index (κ2) is 6.55. The average Bonchev–Trinajstić information content (AvgIpc) is 3.26. The molecule has 1 saturated heterocycles. The molecule has 0 radical (unpaired) electrons. The van der Waals surface area contributed by atoms with Crippen molar-refractivity contribution in [2.45, 2.75) is 45.4 Å². The Balaban J connectivity index is 1.58. The van der Waals surface area contributed by atoms with Gasteiger partial charge in [0.05, 0.1) is 11.9 Å². The lowest BCUT2D eigenvalue weighted by Crippen LogP contribution is -2.39. The Morgan fingerprint density at radius 3 is 3.04 bits per heavy atom. The van der Waals surface area contributed by atoms with Crippen LogP contribution in [0.2, 0.25) is 0 Å². The van der Waals surface area contributed by atoms with E-state index in [0.29, 0.717) is 17.9 Å². The Kier molecular flexibility index (Phi) is 4.22. The summed E-state index contributed by atoms with van der Waals surface area (Å²) in [7, 11) is 0. The highest BCUT2D eigenvalue weighted by molar-refractivity contribution is 5.96. The van der Waals surface area contributed by atoms with E-state index in [-0.39, 0.29) is 17.7 Å². The number of nitrogens with zero attached hydrogens (tertiary/aromatic N) is 4. The molecule has 1 N–H and O–H groups in total. The van der Waals surface area contributed by atoms with Gasteiger partial charge in [0.2, 0.25) is 0 Å². The SMILES string of the molecule is Cc1onc(C(C)C)c1C(=O)N1CCC[C@@H](c2ccc3cn[nH]c3n2)C1. The molecule has 3 aromatic rings. The number of hydrogen-bond donors (Lipinski definition) is 1. The molecule has 7 nitrogen and oxygen atoms in total. The average molecular weight is 353 g/mol. The van der Waals surface area contributed by atoms with E-state index in [2.05, 4.69) is 15.4 Å². The number of pyridine rings is 1. The molecule has 1 atom stereocenters. The first-order valence-electron chi connectivity index (χ1n) is 9.10. The maximum Gasteiger partial charge on any atom is 0.259 e. The summed E-state index contributed by atoms with van der Waals surface area (Å²) in [6.07, 6.45) is 3.75. The molecule has 3 aromatic heterocycles. The second-order valence-corrected chi connectivity index (χ2v) is 7.29. The van der Waals surface area contributed by atoms with Gasteiger partial charge in [-0.15, -0.1) is 0 Å². The van der Waals surface area contributed by atoms with Gasteiger partial charge >= 0.3 is 0 Å². The van der Waals surface area contributed by atoms with Crippen molar-refractivity contribution in [3.8, 4) is 0 Å². The molecule has 1 aliphatic rings. The summed E-state index contributed by atoms with van der Waals surface area (Å²) in [5.41, 5.74) is 3.16. The Morgan fingerprint density at radius 2 is 2.23 bits per heavy atom. The lowest BCUT2D eigenvalue weighted by Gasteiger charge is -2.32. The number of carbonyl (C=O) groups excluding carboxylic acids is 1.